The average Bonchev–Trinajstić information content (AvgIpc) is 3.23. The predicted octanol–water partition coefficient (Wildman–Crippen LogP) is 3.66. The third-order valence-electron chi connectivity index (χ3n) is 4.31. The van der Waals surface area contributed by atoms with Crippen LogP contribution in [-0.2, 0) is 6.42 Å². The molecule has 1 aromatic rings. The Bertz CT molecular complexity index is 467. The summed E-state index contributed by atoms with van der Waals surface area (Å²) in [5, 5.41) is 3.68. The molecule has 21 heavy (non-hydrogen) atoms. The first-order valence-electron chi connectivity index (χ1n) is 8.23. The lowest BCUT2D eigenvalue weighted by molar-refractivity contribution is 0.377. The quantitative estimate of drug-likeness (QED) is 0.793. The molecule has 1 unspecified atom stereocenters. The maximum Gasteiger partial charge on any atom is 0.128 e. The van der Waals surface area contributed by atoms with Gasteiger partial charge in [0.2, 0.25) is 0 Å². The highest BCUT2D eigenvalue weighted by atomic mass is 16.5. The van der Waals surface area contributed by atoms with Gasteiger partial charge in [0.05, 0.1) is 7.11 Å². The molecule has 1 heterocycles. The summed E-state index contributed by atoms with van der Waals surface area (Å²) in [6.07, 6.45) is 6.94. The second-order valence-electron chi connectivity index (χ2n) is 6.93. The summed E-state index contributed by atoms with van der Waals surface area (Å²) in [5.74, 6) is 2.38. The molecule has 0 amide bonds. The zero-order valence-electron chi connectivity index (χ0n) is 14.2. The van der Waals surface area contributed by atoms with Gasteiger partial charge in [-0.25, -0.2) is 0 Å². The van der Waals surface area contributed by atoms with Crippen LogP contribution < -0.4 is 10.1 Å². The Labute approximate surface area is 129 Å². The summed E-state index contributed by atoms with van der Waals surface area (Å²) < 4.78 is 5.53. The molecular weight excluding hydrogens is 260 g/mol. The van der Waals surface area contributed by atoms with Crippen molar-refractivity contribution in [2.45, 2.75) is 59.4 Å². The van der Waals surface area contributed by atoms with E-state index in [0.29, 0.717) is 5.92 Å². The molecule has 2 rings (SSSR count). The van der Waals surface area contributed by atoms with Crippen LogP contribution in [0.15, 0.2) is 6.20 Å². The molecule has 0 aromatic carbocycles. The molecule has 1 aromatic heterocycles. The van der Waals surface area contributed by atoms with E-state index < -0.39 is 0 Å². The number of nitrogens with one attached hydrogen (secondary N) is 1. The monoisotopic (exact) mass is 290 g/mol. The molecular formula is C18H30N2O. The number of hydrogen-bond acceptors (Lipinski definition) is 3. The Morgan fingerprint density at radius 1 is 1.33 bits per heavy atom. The molecule has 0 radical (unpaired) electrons. The summed E-state index contributed by atoms with van der Waals surface area (Å²) in [7, 11) is 1.75. The third kappa shape index (κ3) is 4.70. The van der Waals surface area contributed by atoms with Crippen LogP contribution in [0.2, 0.25) is 0 Å². The van der Waals surface area contributed by atoms with Gasteiger partial charge in [0.25, 0.3) is 0 Å². The molecule has 1 N–H and O–H groups in total. The van der Waals surface area contributed by atoms with Crippen molar-refractivity contribution in [2.24, 2.45) is 11.8 Å². The SMILES string of the molecule is COc1c(C)cnc(CC(CNC2CC2)CC(C)C)c1C. The molecule has 0 aliphatic heterocycles. The van der Waals surface area contributed by atoms with E-state index in [1.807, 2.05) is 6.20 Å². The van der Waals surface area contributed by atoms with E-state index in [1.54, 1.807) is 7.11 Å². The molecule has 1 aliphatic rings. The van der Waals surface area contributed by atoms with Crippen molar-refractivity contribution in [1.82, 2.24) is 10.3 Å². The van der Waals surface area contributed by atoms with E-state index >= 15 is 0 Å². The minimum Gasteiger partial charge on any atom is -0.496 e. The first-order chi connectivity index (χ1) is 10.0. The van der Waals surface area contributed by atoms with Gasteiger partial charge in [-0.3, -0.25) is 4.98 Å². The van der Waals surface area contributed by atoms with E-state index in [2.05, 4.69) is 38.0 Å². The molecule has 1 atom stereocenters. The van der Waals surface area contributed by atoms with Crippen molar-refractivity contribution < 1.29 is 4.74 Å². The first kappa shape index (κ1) is 16.3. The predicted molar refractivity (Wildman–Crippen MR) is 87.9 cm³/mol. The number of ether oxygens (including phenoxy) is 1. The van der Waals surface area contributed by atoms with Crippen LogP contribution in [0.4, 0.5) is 0 Å². The van der Waals surface area contributed by atoms with Crippen molar-refractivity contribution in [1.29, 1.82) is 0 Å². The number of aromatic nitrogens is 1. The van der Waals surface area contributed by atoms with E-state index in [-0.39, 0.29) is 0 Å². The van der Waals surface area contributed by atoms with Gasteiger partial charge in [0, 0.05) is 29.1 Å². The van der Waals surface area contributed by atoms with Crippen LogP contribution in [0.5, 0.6) is 5.75 Å². The summed E-state index contributed by atoms with van der Waals surface area (Å²) >= 11 is 0. The van der Waals surface area contributed by atoms with Crippen molar-refractivity contribution >= 4 is 0 Å². The van der Waals surface area contributed by atoms with Crippen molar-refractivity contribution in [2.75, 3.05) is 13.7 Å². The van der Waals surface area contributed by atoms with Crippen LogP contribution in [0.1, 0.15) is 49.9 Å². The van der Waals surface area contributed by atoms with E-state index in [4.69, 9.17) is 4.74 Å². The van der Waals surface area contributed by atoms with Gasteiger partial charge < -0.3 is 10.1 Å². The number of pyridine rings is 1. The minimum atomic E-state index is 0.657. The number of methoxy groups -OCH3 is 1. The molecule has 1 fully saturated rings. The smallest absolute Gasteiger partial charge is 0.128 e. The fourth-order valence-corrected chi connectivity index (χ4v) is 3.08. The molecule has 1 aliphatic carbocycles. The second kappa shape index (κ2) is 7.26. The lowest BCUT2D eigenvalue weighted by Gasteiger charge is -2.21. The van der Waals surface area contributed by atoms with Crippen molar-refractivity contribution in [3.8, 4) is 5.75 Å². The molecule has 0 saturated heterocycles. The van der Waals surface area contributed by atoms with Gasteiger partial charge in [-0.1, -0.05) is 13.8 Å². The highest BCUT2D eigenvalue weighted by molar-refractivity contribution is 5.41. The van der Waals surface area contributed by atoms with Gasteiger partial charge in [-0.05, 0) is 57.9 Å². The van der Waals surface area contributed by atoms with E-state index in [0.717, 1.165) is 36.2 Å². The molecule has 3 nitrogen and oxygen atoms in total. The topological polar surface area (TPSA) is 34.1 Å². The molecule has 3 heteroatoms. The Kier molecular flexibility index (Phi) is 5.63. The lowest BCUT2D eigenvalue weighted by atomic mass is 9.91. The first-order valence-corrected chi connectivity index (χ1v) is 8.23. The molecule has 118 valence electrons. The Morgan fingerprint density at radius 3 is 2.62 bits per heavy atom. The Balaban J connectivity index is 2.07. The second-order valence-corrected chi connectivity index (χ2v) is 6.93. The summed E-state index contributed by atoms with van der Waals surface area (Å²) in [4.78, 5) is 4.67. The normalized spacial score (nSPS) is 16.3. The Hall–Kier alpha value is -1.09. The Morgan fingerprint density at radius 2 is 2.05 bits per heavy atom. The summed E-state index contributed by atoms with van der Waals surface area (Å²) in [6, 6.07) is 0.779. The summed E-state index contributed by atoms with van der Waals surface area (Å²) in [5.41, 5.74) is 3.52. The average molecular weight is 290 g/mol. The highest BCUT2D eigenvalue weighted by Crippen LogP contribution is 2.27. The maximum absolute atomic E-state index is 5.53. The highest BCUT2D eigenvalue weighted by Gasteiger charge is 2.23. The van der Waals surface area contributed by atoms with Crippen molar-refractivity contribution in [3.05, 3.63) is 23.0 Å². The minimum absolute atomic E-state index is 0.657. The van der Waals surface area contributed by atoms with Gasteiger partial charge in [-0.2, -0.15) is 0 Å². The zero-order valence-corrected chi connectivity index (χ0v) is 14.2. The van der Waals surface area contributed by atoms with Crippen molar-refractivity contribution in [3.63, 3.8) is 0 Å². The fourth-order valence-electron chi connectivity index (χ4n) is 3.08. The molecule has 0 spiro atoms. The lowest BCUT2D eigenvalue weighted by Crippen LogP contribution is -2.27. The summed E-state index contributed by atoms with van der Waals surface area (Å²) in [6.45, 7) is 9.91. The van der Waals surface area contributed by atoms with Gasteiger partial charge in [0.15, 0.2) is 0 Å². The number of nitrogens with zero attached hydrogens (tertiary/aromatic N) is 1. The fraction of sp³-hybridized carbons (Fsp3) is 0.722. The number of aryl methyl sites for hydroxylation is 1. The van der Waals surface area contributed by atoms with Crippen LogP contribution in [0.25, 0.3) is 0 Å². The maximum atomic E-state index is 5.53. The van der Waals surface area contributed by atoms with Gasteiger partial charge in [0.1, 0.15) is 5.75 Å². The third-order valence-corrected chi connectivity index (χ3v) is 4.31. The van der Waals surface area contributed by atoms with Gasteiger partial charge in [-0.15, -0.1) is 0 Å². The standard InChI is InChI=1S/C18H30N2O/c1-12(2)8-15(11-19-16-6-7-16)9-17-14(4)18(21-5)13(3)10-20-17/h10,12,15-16,19H,6-9,11H2,1-5H3. The van der Waals surface area contributed by atoms with E-state index in [1.165, 1.54) is 30.5 Å². The van der Waals surface area contributed by atoms with Gasteiger partial charge >= 0.3 is 0 Å². The van der Waals surface area contributed by atoms with E-state index in [9.17, 15) is 0 Å². The van der Waals surface area contributed by atoms with Crippen LogP contribution in [-0.4, -0.2) is 24.7 Å². The zero-order chi connectivity index (χ0) is 15.4. The molecule has 1 saturated carbocycles. The van der Waals surface area contributed by atoms with Crippen LogP contribution in [0, 0.1) is 25.7 Å². The van der Waals surface area contributed by atoms with Crippen LogP contribution >= 0.6 is 0 Å². The molecule has 0 bridgehead atoms. The number of hydrogen-bond donors (Lipinski definition) is 1. The largest absolute Gasteiger partial charge is 0.496 e. The van der Waals surface area contributed by atoms with Crippen LogP contribution in [0.3, 0.4) is 0 Å². The number of rotatable bonds is 8.